The highest BCUT2D eigenvalue weighted by Crippen LogP contribution is 2.24. The van der Waals surface area contributed by atoms with Gasteiger partial charge in [-0.3, -0.25) is 4.79 Å². The average Bonchev–Trinajstić information content (AvgIpc) is 2.11. The molecule has 1 unspecified atom stereocenters. The number of aliphatic hydroxyl groups is 1. The van der Waals surface area contributed by atoms with Gasteiger partial charge in [-0.2, -0.15) is 0 Å². The number of carboxylic acid groups (broad SMARTS) is 1. The Bertz CT molecular complexity index is 175. The zero-order chi connectivity index (χ0) is 11.2. The first-order valence-electron chi connectivity index (χ1n) is 5.34. The van der Waals surface area contributed by atoms with Crippen molar-refractivity contribution in [1.82, 2.24) is 0 Å². The Kier molecular flexibility index (Phi) is 5.77. The number of aliphatic carboxylic acids is 1. The van der Waals surface area contributed by atoms with Gasteiger partial charge in [-0.25, -0.2) is 0 Å². The summed E-state index contributed by atoms with van der Waals surface area (Å²) in [5.41, 5.74) is -1.02. The molecular formula is C11H22O3. The van der Waals surface area contributed by atoms with Crippen LogP contribution in [0.5, 0.6) is 0 Å². The van der Waals surface area contributed by atoms with Gasteiger partial charge in [0.15, 0.2) is 0 Å². The predicted octanol–water partition coefficient (Wildman–Crippen LogP) is 2.43. The minimum Gasteiger partial charge on any atom is -0.481 e. The molecule has 0 heterocycles. The third kappa shape index (κ3) is 4.09. The summed E-state index contributed by atoms with van der Waals surface area (Å²) in [5.74, 6) is -0.930. The predicted molar refractivity (Wildman–Crippen MR) is 56.2 cm³/mol. The quantitative estimate of drug-likeness (QED) is 0.623. The molecule has 1 atom stereocenters. The highest BCUT2D eigenvalue weighted by atomic mass is 16.4. The van der Waals surface area contributed by atoms with Crippen LogP contribution in [-0.4, -0.2) is 22.3 Å². The third-order valence-corrected chi connectivity index (χ3v) is 2.72. The Morgan fingerprint density at radius 3 is 2.29 bits per heavy atom. The Labute approximate surface area is 86.1 Å². The lowest BCUT2D eigenvalue weighted by molar-refractivity contribution is -0.153. The summed E-state index contributed by atoms with van der Waals surface area (Å²) in [4.78, 5) is 10.8. The maximum Gasteiger partial charge on any atom is 0.311 e. The number of unbranched alkanes of at least 4 members (excludes halogenated alkanes) is 3. The highest BCUT2D eigenvalue weighted by Gasteiger charge is 2.34. The van der Waals surface area contributed by atoms with Crippen LogP contribution in [0.3, 0.4) is 0 Å². The molecule has 14 heavy (non-hydrogen) atoms. The lowest BCUT2D eigenvalue weighted by Crippen LogP contribution is -2.36. The van der Waals surface area contributed by atoms with E-state index in [1.165, 1.54) is 0 Å². The third-order valence-electron chi connectivity index (χ3n) is 2.72. The van der Waals surface area contributed by atoms with E-state index in [1.807, 2.05) is 0 Å². The van der Waals surface area contributed by atoms with Crippen LogP contribution in [0, 0.1) is 5.41 Å². The first-order valence-corrected chi connectivity index (χ1v) is 5.34. The van der Waals surface area contributed by atoms with Crippen molar-refractivity contribution in [3.8, 4) is 0 Å². The van der Waals surface area contributed by atoms with Gasteiger partial charge < -0.3 is 10.2 Å². The van der Waals surface area contributed by atoms with Gasteiger partial charge in [-0.15, -0.1) is 0 Å². The Hall–Kier alpha value is -0.570. The monoisotopic (exact) mass is 202 g/mol. The summed E-state index contributed by atoms with van der Waals surface area (Å²) in [6, 6.07) is 0. The Morgan fingerprint density at radius 2 is 1.86 bits per heavy atom. The van der Waals surface area contributed by atoms with E-state index in [9.17, 15) is 9.90 Å². The molecule has 3 nitrogen and oxygen atoms in total. The van der Waals surface area contributed by atoms with E-state index in [0.29, 0.717) is 6.42 Å². The minimum atomic E-state index is -1.02. The van der Waals surface area contributed by atoms with E-state index in [1.54, 1.807) is 13.8 Å². The first-order chi connectivity index (χ1) is 6.42. The first kappa shape index (κ1) is 13.4. The molecule has 0 fully saturated rings. The van der Waals surface area contributed by atoms with Gasteiger partial charge >= 0.3 is 5.97 Å². The lowest BCUT2D eigenvalue weighted by atomic mass is 9.84. The Morgan fingerprint density at radius 1 is 1.29 bits per heavy atom. The molecule has 84 valence electrons. The molecule has 0 radical (unpaired) electrons. The number of aliphatic hydroxyl groups excluding tert-OH is 1. The zero-order valence-electron chi connectivity index (χ0n) is 9.42. The molecule has 0 aliphatic carbocycles. The standard InChI is InChI=1S/C11H22O3/c1-4-5-6-7-8-9(12)11(2,3)10(13)14/h9,12H,4-8H2,1-3H3,(H,13,14). The van der Waals surface area contributed by atoms with Crippen LogP contribution in [0.1, 0.15) is 52.9 Å². The summed E-state index contributed by atoms with van der Waals surface area (Å²) in [5, 5.41) is 18.5. The molecule has 0 aliphatic heterocycles. The van der Waals surface area contributed by atoms with Crippen molar-refractivity contribution < 1.29 is 15.0 Å². The van der Waals surface area contributed by atoms with Gasteiger partial charge in [-0.1, -0.05) is 32.6 Å². The molecule has 0 aliphatic rings. The van der Waals surface area contributed by atoms with Crippen LogP contribution in [0.2, 0.25) is 0 Å². The molecule has 0 aromatic rings. The second-order valence-electron chi connectivity index (χ2n) is 4.39. The largest absolute Gasteiger partial charge is 0.481 e. The van der Waals surface area contributed by atoms with Crippen molar-refractivity contribution >= 4 is 5.97 Å². The fourth-order valence-electron chi connectivity index (χ4n) is 1.27. The molecule has 3 heteroatoms. The number of rotatable bonds is 7. The van der Waals surface area contributed by atoms with Crippen LogP contribution in [0.4, 0.5) is 0 Å². The van der Waals surface area contributed by atoms with E-state index >= 15 is 0 Å². The minimum absolute atomic E-state index is 0.583. The van der Waals surface area contributed by atoms with Crippen molar-refractivity contribution in [2.75, 3.05) is 0 Å². The smallest absolute Gasteiger partial charge is 0.311 e. The number of carbonyl (C=O) groups is 1. The van der Waals surface area contributed by atoms with Crippen LogP contribution in [0.15, 0.2) is 0 Å². The number of hydrogen-bond donors (Lipinski definition) is 2. The molecule has 0 saturated heterocycles. The van der Waals surface area contributed by atoms with Gasteiger partial charge in [0.25, 0.3) is 0 Å². The summed E-state index contributed by atoms with van der Waals surface area (Å²) >= 11 is 0. The van der Waals surface area contributed by atoms with Crippen LogP contribution in [0.25, 0.3) is 0 Å². The summed E-state index contributed by atoms with van der Waals surface area (Å²) in [6.45, 7) is 5.26. The van der Waals surface area contributed by atoms with E-state index in [0.717, 1.165) is 25.7 Å². The maximum atomic E-state index is 10.8. The van der Waals surface area contributed by atoms with Crippen molar-refractivity contribution in [2.24, 2.45) is 5.41 Å². The van der Waals surface area contributed by atoms with Gasteiger partial charge in [0.05, 0.1) is 11.5 Å². The van der Waals surface area contributed by atoms with Crippen molar-refractivity contribution in [3.63, 3.8) is 0 Å². The molecule has 2 N–H and O–H groups in total. The van der Waals surface area contributed by atoms with Gasteiger partial charge in [0.1, 0.15) is 0 Å². The number of hydrogen-bond acceptors (Lipinski definition) is 2. The van der Waals surface area contributed by atoms with Crippen molar-refractivity contribution in [2.45, 2.75) is 59.0 Å². The fraction of sp³-hybridized carbons (Fsp3) is 0.909. The average molecular weight is 202 g/mol. The highest BCUT2D eigenvalue weighted by molar-refractivity contribution is 5.74. The van der Waals surface area contributed by atoms with E-state index in [2.05, 4.69) is 6.92 Å². The van der Waals surface area contributed by atoms with E-state index in [4.69, 9.17) is 5.11 Å². The molecular weight excluding hydrogens is 180 g/mol. The molecule has 0 spiro atoms. The maximum absolute atomic E-state index is 10.8. The van der Waals surface area contributed by atoms with E-state index in [-0.39, 0.29) is 0 Å². The molecule has 0 bridgehead atoms. The van der Waals surface area contributed by atoms with Gasteiger partial charge in [0.2, 0.25) is 0 Å². The lowest BCUT2D eigenvalue weighted by Gasteiger charge is -2.25. The molecule has 0 saturated carbocycles. The van der Waals surface area contributed by atoms with Crippen LogP contribution < -0.4 is 0 Å². The fourth-order valence-corrected chi connectivity index (χ4v) is 1.27. The molecule has 0 rings (SSSR count). The summed E-state index contributed by atoms with van der Waals surface area (Å²) < 4.78 is 0. The van der Waals surface area contributed by atoms with E-state index < -0.39 is 17.5 Å². The van der Waals surface area contributed by atoms with Gasteiger partial charge in [-0.05, 0) is 20.3 Å². The van der Waals surface area contributed by atoms with Gasteiger partial charge in [0, 0.05) is 0 Å². The second kappa shape index (κ2) is 6.02. The normalized spacial score (nSPS) is 14.0. The molecule has 0 aromatic heterocycles. The summed E-state index contributed by atoms with van der Waals surface area (Å²) in [6.07, 6.45) is 4.13. The Balaban J connectivity index is 3.83. The number of carboxylic acids is 1. The second-order valence-corrected chi connectivity index (χ2v) is 4.39. The molecule has 0 amide bonds. The van der Waals surface area contributed by atoms with Crippen molar-refractivity contribution in [1.29, 1.82) is 0 Å². The zero-order valence-corrected chi connectivity index (χ0v) is 9.42. The summed E-state index contributed by atoms with van der Waals surface area (Å²) in [7, 11) is 0. The molecule has 0 aromatic carbocycles. The SMILES string of the molecule is CCCCCCC(O)C(C)(C)C(=O)O. The topological polar surface area (TPSA) is 57.5 Å². The van der Waals surface area contributed by atoms with Crippen molar-refractivity contribution in [3.05, 3.63) is 0 Å². The van der Waals surface area contributed by atoms with Crippen LogP contribution in [-0.2, 0) is 4.79 Å². The van der Waals surface area contributed by atoms with Crippen LogP contribution >= 0.6 is 0 Å².